The van der Waals surface area contributed by atoms with Crippen molar-refractivity contribution >= 4 is 6.09 Å². The van der Waals surface area contributed by atoms with Gasteiger partial charge in [0.15, 0.2) is 0 Å². The number of aromatic nitrogens is 3. The predicted molar refractivity (Wildman–Crippen MR) is 152 cm³/mol. The zero-order valence-corrected chi connectivity index (χ0v) is 24.0. The minimum atomic E-state index is -0.480. The number of aryl methyl sites for hydroxylation is 1. The van der Waals surface area contributed by atoms with E-state index in [0.29, 0.717) is 18.6 Å². The number of amides is 1. The predicted octanol–water partition coefficient (Wildman–Crippen LogP) is 6.59. The molecule has 2 aliphatic heterocycles. The number of piperidine rings is 1. The van der Waals surface area contributed by atoms with Crippen LogP contribution in [-0.2, 0) is 11.3 Å². The molecule has 1 amide bonds. The zero-order chi connectivity index (χ0) is 27.9. The number of benzene rings is 2. The molecule has 2 atom stereocenters. The molecule has 3 fully saturated rings. The molecule has 0 radical (unpaired) electrons. The van der Waals surface area contributed by atoms with Crippen LogP contribution in [0, 0.1) is 6.92 Å². The highest BCUT2D eigenvalue weighted by Crippen LogP contribution is 2.45. The van der Waals surface area contributed by atoms with E-state index in [2.05, 4.69) is 26.9 Å². The highest BCUT2D eigenvalue weighted by Gasteiger charge is 2.47. The molecule has 2 unspecified atom stereocenters. The second-order valence-corrected chi connectivity index (χ2v) is 12.5. The Bertz CT molecular complexity index is 1300. The van der Waals surface area contributed by atoms with E-state index < -0.39 is 5.60 Å². The molecule has 2 saturated heterocycles. The van der Waals surface area contributed by atoms with E-state index in [1.54, 1.807) is 0 Å². The van der Waals surface area contributed by atoms with Gasteiger partial charge in [0.25, 0.3) is 0 Å². The van der Waals surface area contributed by atoms with E-state index in [0.717, 1.165) is 67.2 Å². The summed E-state index contributed by atoms with van der Waals surface area (Å²) in [6, 6.07) is 18.8. The van der Waals surface area contributed by atoms with Crippen molar-refractivity contribution in [2.45, 2.75) is 109 Å². The van der Waals surface area contributed by atoms with Crippen molar-refractivity contribution < 1.29 is 19.0 Å². The number of nitrogens with zero attached hydrogens (tertiary/aromatic N) is 4. The maximum atomic E-state index is 12.9. The summed E-state index contributed by atoms with van der Waals surface area (Å²) in [6.45, 7) is 8.38. The van der Waals surface area contributed by atoms with Crippen molar-refractivity contribution in [3.8, 4) is 11.5 Å². The minimum absolute atomic E-state index is 0.164. The van der Waals surface area contributed by atoms with Crippen LogP contribution in [0.5, 0.6) is 11.5 Å². The van der Waals surface area contributed by atoms with Crippen LogP contribution in [0.1, 0.15) is 88.5 Å². The van der Waals surface area contributed by atoms with Crippen LogP contribution in [0.3, 0.4) is 0 Å². The summed E-state index contributed by atoms with van der Waals surface area (Å²) >= 11 is 0. The Morgan fingerprint density at radius 2 is 1.52 bits per heavy atom. The van der Waals surface area contributed by atoms with Crippen LogP contribution < -0.4 is 9.47 Å². The number of rotatable bonds is 7. The van der Waals surface area contributed by atoms with Crippen molar-refractivity contribution in [2.24, 2.45) is 0 Å². The fourth-order valence-corrected chi connectivity index (χ4v) is 6.51. The molecule has 212 valence electrons. The first-order chi connectivity index (χ1) is 19.2. The van der Waals surface area contributed by atoms with Gasteiger partial charge in [-0.2, -0.15) is 0 Å². The van der Waals surface area contributed by atoms with Gasteiger partial charge >= 0.3 is 6.09 Å². The lowest BCUT2D eigenvalue weighted by molar-refractivity contribution is 0.00238. The first-order valence-corrected chi connectivity index (χ1v) is 14.6. The van der Waals surface area contributed by atoms with Gasteiger partial charge < -0.3 is 23.7 Å². The van der Waals surface area contributed by atoms with E-state index >= 15 is 0 Å². The van der Waals surface area contributed by atoms with E-state index in [1.165, 1.54) is 0 Å². The Labute approximate surface area is 236 Å². The summed E-state index contributed by atoms with van der Waals surface area (Å²) in [5, 5.41) is 9.10. The van der Waals surface area contributed by atoms with E-state index in [4.69, 9.17) is 14.2 Å². The molecule has 3 aliphatic rings. The largest absolute Gasteiger partial charge is 0.490 e. The number of ether oxygens (including phenoxy) is 3. The summed E-state index contributed by atoms with van der Waals surface area (Å²) < 4.78 is 20.3. The second kappa shape index (κ2) is 10.8. The van der Waals surface area contributed by atoms with Gasteiger partial charge in [0.1, 0.15) is 41.5 Å². The van der Waals surface area contributed by atoms with Gasteiger partial charge in [-0.15, -0.1) is 10.2 Å². The van der Waals surface area contributed by atoms with Crippen LogP contribution in [0.25, 0.3) is 0 Å². The van der Waals surface area contributed by atoms with Gasteiger partial charge in [0.05, 0.1) is 0 Å². The van der Waals surface area contributed by atoms with Gasteiger partial charge in [-0.05, 0) is 96.0 Å². The molecule has 40 heavy (non-hydrogen) atoms. The lowest BCUT2D eigenvalue weighted by atomic mass is 9.81. The summed E-state index contributed by atoms with van der Waals surface area (Å²) in [7, 11) is 0. The molecule has 3 heterocycles. The van der Waals surface area contributed by atoms with Gasteiger partial charge in [0.2, 0.25) is 0 Å². The van der Waals surface area contributed by atoms with Gasteiger partial charge in [-0.3, -0.25) is 0 Å². The van der Waals surface area contributed by atoms with Crippen molar-refractivity contribution in [1.29, 1.82) is 0 Å². The molecular weight excluding hydrogens is 504 g/mol. The molecule has 2 aromatic carbocycles. The summed E-state index contributed by atoms with van der Waals surface area (Å²) in [4.78, 5) is 14.9. The van der Waals surface area contributed by atoms with Crippen molar-refractivity contribution in [1.82, 2.24) is 19.7 Å². The van der Waals surface area contributed by atoms with Gasteiger partial charge in [-0.1, -0.05) is 30.3 Å². The molecule has 0 N–H and O–H groups in total. The molecule has 8 nitrogen and oxygen atoms in total. The first-order valence-electron chi connectivity index (χ1n) is 14.6. The first kappa shape index (κ1) is 26.7. The van der Waals surface area contributed by atoms with Crippen LogP contribution in [0.15, 0.2) is 54.6 Å². The van der Waals surface area contributed by atoms with Gasteiger partial charge in [0, 0.05) is 24.0 Å². The average molecular weight is 545 g/mol. The highest BCUT2D eigenvalue weighted by atomic mass is 16.6. The minimum Gasteiger partial charge on any atom is -0.490 e. The lowest BCUT2D eigenvalue weighted by Crippen LogP contribution is -2.49. The van der Waals surface area contributed by atoms with Crippen LogP contribution in [-0.4, -0.2) is 49.5 Å². The quantitative estimate of drug-likeness (QED) is 0.334. The number of carbonyl (C=O) groups excluding carboxylic acids is 1. The van der Waals surface area contributed by atoms with Crippen molar-refractivity contribution in [3.05, 3.63) is 71.8 Å². The van der Waals surface area contributed by atoms with E-state index in [9.17, 15) is 4.79 Å². The third kappa shape index (κ3) is 5.67. The fourth-order valence-electron chi connectivity index (χ4n) is 6.51. The molecule has 1 saturated carbocycles. The smallest absolute Gasteiger partial charge is 0.410 e. The Kier molecular flexibility index (Phi) is 7.19. The Morgan fingerprint density at radius 1 is 0.875 bits per heavy atom. The molecule has 0 spiro atoms. The summed E-state index contributed by atoms with van der Waals surface area (Å²) in [5.41, 5.74) is 0.666. The topological polar surface area (TPSA) is 78.7 Å². The Balaban J connectivity index is 1.03. The number of hydrogen-bond acceptors (Lipinski definition) is 6. The van der Waals surface area contributed by atoms with Crippen LogP contribution in [0.2, 0.25) is 0 Å². The lowest BCUT2D eigenvalue weighted by Gasteiger charge is -2.41. The van der Waals surface area contributed by atoms with E-state index in [-0.39, 0.29) is 24.3 Å². The fraction of sp³-hybridized carbons (Fsp3) is 0.531. The summed E-state index contributed by atoms with van der Waals surface area (Å²) in [5.74, 6) is 4.05. The highest BCUT2D eigenvalue weighted by molar-refractivity contribution is 5.69. The average Bonchev–Trinajstić information content (AvgIpc) is 3.41. The van der Waals surface area contributed by atoms with Crippen molar-refractivity contribution in [3.63, 3.8) is 0 Å². The van der Waals surface area contributed by atoms with Crippen LogP contribution in [0.4, 0.5) is 4.79 Å². The molecule has 1 aromatic heterocycles. The number of carbonyl (C=O) groups is 1. The van der Waals surface area contributed by atoms with E-state index in [1.807, 2.05) is 75.1 Å². The Morgan fingerprint density at radius 3 is 2.17 bits per heavy atom. The third-order valence-corrected chi connectivity index (χ3v) is 8.41. The Hall–Kier alpha value is -3.55. The normalized spacial score (nSPS) is 25.8. The number of hydrogen-bond donors (Lipinski definition) is 0. The maximum absolute atomic E-state index is 12.9. The standard InChI is InChI=1S/C32H40N4O4/c1-21-33-34-30(35(21)26-18-24-10-11-25(19-26)36(24)31(37)40-32(2,3)4)23-16-29(17-23)39-28-14-12-27(13-15-28)38-20-22-8-6-5-7-9-22/h5-9,12-15,23-26,29H,10-11,16-20H2,1-4H3. The summed E-state index contributed by atoms with van der Waals surface area (Å²) in [6.07, 6.45) is 5.76. The van der Waals surface area contributed by atoms with Crippen molar-refractivity contribution in [2.75, 3.05) is 0 Å². The SMILES string of the molecule is Cc1nnc(C2CC(Oc3ccc(OCc4ccccc4)cc3)C2)n1C1CC2CCC(C1)N2C(=O)OC(C)(C)C. The van der Waals surface area contributed by atoms with Gasteiger partial charge in [-0.25, -0.2) is 4.79 Å². The molecular formula is C32H40N4O4. The van der Waals surface area contributed by atoms with Crippen LogP contribution >= 0.6 is 0 Å². The maximum Gasteiger partial charge on any atom is 0.410 e. The molecule has 3 aromatic rings. The molecule has 1 aliphatic carbocycles. The molecule has 2 bridgehead atoms. The number of fused-ring (bicyclic) bond motifs is 2. The monoisotopic (exact) mass is 544 g/mol. The third-order valence-electron chi connectivity index (χ3n) is 8.41. The zero-order valence-electron chi connectivity index (χ0n) is 24.0. The molecule has 8 heteroatoms. The molecule has 6 rings (SSSR count). The second-order valence-electron chi connectivity index (χ2n) is 12.5.